The molecular formula is C22H19ClN2O2. The first-order valence-electron chi connectivity index (χ1n) is 8.83. The van der Waals surface area contributed by atoms with Gasteiger partial charge in [0, 0.05) is 27.6 Å². The van der Waals surface area contributed by atoms with Crippen molar-refractivity contribution in [1.82, 2.24) is 10.1 Å². The quantitative estimate of drug-likeness (QED) is 0.480. The number of benzene rings is 2. The first kappa shape index (κ1) is 17.6. The first-order chi connectivity index (χ1) is 12.9. The monoisotopic (exact) mass is 378 g/mol. The number of fused-ring (bicyclic) bond motifs is 1. The van der Waals surface area contributed by atoms with Crippen LogP contribution in [0.3, 0.4) is 0 Å². The van der Waals surface area contributed by atoms with Crippen LogP contribution in [0.15, 0.2) is 57.8 Å². The fourth-order valence-corrected chi connectivity index (χ4v) is 3.49. The molecule has 0 bridgehead atoms. The van der Waals surface area contributed by atoms with Crippen LogP contribution in [0.1, 0.15) is 31.0 Å². The second-order valence-electron chi connectivity index (χ2n) is 7.00. The number of rotatable bonds is 3. The van der Waals surface area contributed by atoms with E-state index < -0.39 is 0 Å². The number of aromatic amines is 1. The molecule has 0 atom stereocenters. The van der Waals surface area contributed by atoms with E-state index in [0.717, 1.165) is 27.7 Å². The van der Waals surface area contributed by atoms with Gasteiger partial charge in [-0.3, -0.25) is 4.79 Å². The molecule has 27 heavy (non-hydrogen) atoms. The van der Waals surface area contributed by atoms with E-state index in [9.17, 15) is 4.79 Å². The van der Waals surface area contributed by atoms with Crippen LogP contribution in [-0.4, -0.2) is 10.1 Å². The minimum Gasteiger partial charge on any atom is -0.356 e. The highest BCUT2D eigenvalue weighted by Crippen LogP contribution is 2.36. The van der Waals surface area contributed by atoms with Crippen LogP contribution in [0, 0.1) is 6.92 Å². The summed E-state index contributed by atoms with van der Waals surface area (Å²) in [5, 5.41) is 5.42. The molecule has 2 heterocycles. The molecule has 0 spiro atoms. The summed E-state index contributed by atoms with van der Waals surface area (Å²) in [6.45, 7) is 6.14. The highest BCUT2D eigenvalue weighted by molar-refractivity contribution is 6.31. The summed E-state index contributed by atoms with van der Waals surface area (Å²) in [5.41, 5.74) is 4.66. The third-order valence-electron chi connectivity index (χ3n) is 4.72. The predicted octanol–water partition coefficient (Wildman–Crippen LogP) is 5.94. The number of hydrogen-bond acceptors (Lipinski definition) is 3. The number of aromatic nitrogens is 2. The van der Waals surface area contributed by atoms with Crippen molar-refractivity contribution in [2.24, 2.45) is 0 Å². The van der Waals surface area contributed by atoms with Crippen molar-refractivity contribution in [3.8, 4) is 22.5 Å². The predicted molar refractivity (Wildman–Crippen MR) is 109 cm³/mol. The standard InChI is InChI=1S/C22H19ClN2O2/c1-12(2)14-4-6-15(7-5-14)20-17-11-16(23)8-9-18(17)24-22(26)21(20)19-10-13(3)25-27-19/h4-12H,1-3H3,(H,24,26). The van der Waals surface area contributed by atoms with Crippen molar-refractivity contribution in [3.63, 3.8) is 0 Å². The third kappa shape index (κ3) is 3.17. The summed E-state index contributed by atoms with van der Waals surface area (Å²) in [6.07, 6.45) is 0. The maximum absolute atomic E-state index is 12.9. The van der Waals surface area contributed by atoms with Gasteiger partial charge in [-0.1, -0.05) is 54.9 Å². The molecule has 0 saturated heterocycles. The molecule has 0 aliphatic carbocycles. The van der Waals surface area contributed by atoms with Gasteiger partial charge in [-0.05, 0) is 42.2 Å². The van der Waals surface area contributed by atoms with Crippen LogP contribution in [0.25, 0.3) is 33.4 Å². The van der Waals surface area contributed by atoms with E-state index in [-0.39, 0.29) is 5.56 Å². The molecule has 136 valence electrons. The first-order valence-corrected chi connectivity index (χ1v) is 9.21. The Bertz CT molecular complexity index is 1190. The zero-order valence-electron chi connectivity index (χ0n) is 15.3. The van der Waals surface area contributed by atoms with E-state index in [0.29, 0.717) is 22.3 Å². The summed E-state index contributed by atoms with van der Waals surface area (Å²) in [6, 6.07) is 15.5. The maximum atomic E-state index is 12.9. The van der Waals surface area contributed by atoms with Gasteiger partial charge in [0.1, 0.15) is 0 Å². The van der Waals surface area contributed by atoms with Crippen molar-refractivity contribution in [2.45, 2.75) is 26.7 Å². The number of H-pyrrole nitrogens is 1. The van der Waals surface area contributed by atoms with Crippen LogP contribution in [-0.2, 0) is 0 Å². The molecule has 4 rings (SSSR count). The van der Waals surface area contributed by atoms with Crippen molar-refractivity contribution >= 4 is 22.5 Å². The molecular weight excluding hydrogens is 360 g/mol. The minimum absolute atomic E-state index is 0.219. The minimum atomic E-state index is -0.219. The Balaban J connectivity index is 2.08. The van der Waals surface area contributed by atoms with Gasteiger partial charge >= 0.3 is 0 Å². The molecule has 0 aliphatic heterocycles. The van der Waals surface area contributed by atoms with Gasteiger partial charge in [0.25, 0.3) is 5.56 Å². The Morgan fingerprint density at radius 1 is 1.04 bits per heavy atom. The van der Waals surface area contributed by atoms with Gasteiger partial charge in [-0.25, -0.2) is 0 Å². The molecule has 0 unspecified atom stereocenters. The number of nitrogens with zero attached hydrogens (tertiary/aromatic N) is 1. The van der Waals surface area contributed by atoms with Gasteiger partial charge in [-0.2, -0.15) is 0 Å². The molecule has 0 amide bonds. The Labute approximate surface area is 161 Å². The van der Waals surface area contributed by atoms with E-state index in [1.165, 1.54) is 5.56 Å². The normalized spacial score (nSPS) is 11.4. The van der Waals surface area contributed by atoms with Crippen LogP contribution in [0.5, 0.6) is 0 Å². The van der Waals surface area contributed by atoms with Gasteiger partial charge in [0.05, 0.1) is 11.3 Å². The zero-order valence-corrected chi connectivity index (χ0v) is 16.1. The largest absolute Gasteiger partial charge is 0.356 e. The Morgan fingerprint density at radius 3 is 2.41 bits per heavy atom. The average Bonchev–Trinajstić information content (AvgIpc) is 3.07. The maximum Gasteiger partial charge on any atom is 0.260 e. The van der Waals surface area contributed by atoms with E-state index in [1.54, 1.807) is 12.1 Å². The lowest BCUT2D eigenvalue weighted by Gasteiger charge is -2.13. The van der Waals surface area contributed by atoms with Gasteiger partial charge < -0.3 is 9.51 Å². The molecule has 4 aromatic rings. The zero-order chi connectivity index (χ0) is 19.1. The van der Waals surface area contributed by atoms with E-state index in [4.69, 9.17) is 16.1 Å². The van der Waals surface area contributed by atoms with E-state index in [2.05, 4.69) is 36.1 Å². The highest BCUT2D eigenvalue weighted by Gasteiger charge is 2.20. The summed E-state index contributed by atoms with van der Waals surface area (Å²) < 4.78 is 5.43. The second kappa shape index (κ2) is 6.71. The van der Waals surface area contributed by atoms with Crippen LogP contribution >= 0.6 is 11.6 Å². The van der Waals surface area contributed by atoms with Crippen molar-refractivity contribution in [1.29, 1.82) is 0 Å². The topological polar surface area (TPSA) is 58.9 Å². The van der Waals surface area contributed by atoms with Crippen LogP contribution in [0.4, 0.5) is 0 Å². The molecule has 2 aromatic carbocycles. The van der Waals surface area contributed by atoms with Gasteiger partial charge in [-0.15, -0.1) is 0 Å². The van der Waals surface area contributed by atoms with E-state index in [1.807, 2.05) is 31.2 Å². The molecule has 5 heteroatoms. The molecule has 0 aliphatic rings. The smallest absolute Gasteiger partial charge is 0.260 e. The van der Waals surface area contributed by atoms with Crippen molar-refractivity contribution < 1.29 is 4.52 Å². The molecule has 4 nitrogen and oxygen atoms in total. The van der Waals surface area contributed by atoms with Crippen molar-refractivity contribution in [2.75, 3.05) is 0 Å². The fraction of sp³-hybridized carbons (Fsp3) is 0.182. The summed E-state index contributed by atoms with van der Waals surface area (Å²) >= 11 is 6.26. The molecule has 0 saturated carbocycles. The number of aryl methyl sites for hydroxylation is 1. The Morgan fingerprint density at radius 2 is 1.78 bits per heavy atom. The molecule has 0 fully saturated rings. The average molecular weight is 379 g/mol. The van der Waals surface area contributed by atoms with Crippen LogP contribution in [0.2, 0.25) is 5.02 Å². The lowest BCUT2D eigenvalue weighted by Crippen LogP contribution is -2.11. The Hall–Kier alpha value is -2.85. The molecule has 1 N–H and O–H groups in total. The molecule has 0 radical (unpaired) electrons. The number of hydrogen-bond donors (Lipinski definition) is 1. The van der Waals surface area contributed by atoms with Crippen LogP contribution < -0.4 is 5.56 Å². The molecule has 2 aromatic heterocycles. The lowest BCUT2D eigenvalue weighted by atomic mass is 9.93. The van der Waals surface area contributed by atoms with Gasteiger partial charge in [0.2, 0.25) is 0 Å². The van der Waals surface area contributed by atoms with Crippen molar-refractivity contribution in [3.05, 3.63) is 75.2 Å². The van der Waals surface area contributed by atoms with Gasteiger partial charge in [0.15, 0.2) is 5.76 Å². The fourth-order valence-electron chi connectivity index (χ4n) is 3.32. The number of halogens is 1. The number of nitrogens with one attached hydrogen (secondary N) is 1. The summed E-state index contributed by atoms with van der Waals surface area (Å²) in [7, 11) is 0. The summed E-state index contributed by atoms with van der Waals surface area (Å²) in [5.74, 6) is 0.874. The lowest BCUT2D eigenvalue weighted by molar-refractivity contribution is 0.427. The SMILES string of the molecule is Cc1cc(-c2c(-c3ccc(C(C)C)cc3)c3cc(Cl)ccc3[nH]c2=O)on1. The summed E-state index contributed by atoms with van der Waals surface area (Å²) in [4.78, 5) is 15.9. The highest BCUT2D eigenvalue weighted by atomic mass is 35.5. The second-order valence-corrected chi connectivity index (χ2v) is 7.44. The third-order valence-corrected chi connectivity index (χ3v) is 4.95. The number of pyridine rings is 1. The van der Waals surface area contributed by atoms with E-state index >= 15 is 0 Å². The Kier molecular flexibility index (Phi) is 4.36.